The molecule has 0 heterocycles. The van der Waals surface area contributed by atoms with Gasteiger partial charge in [-0.15, -0.1) is 0 Å². The molecule has 0 bridgehead atoms. The molecule has 0 aliphatic carbocycles. The molecule has 5 heteroatoms. The molecule has 0 radical (unpaired) electrons. The van der Waals surface area contributed by atoms with Crippen molar-refractivity contribution < 1.29 is 8.42 Å². The van der Waals surface area contributed by atoms with Crippen LogP contribution in [0.4, 0.5) is 0 Å². The van der Waals surface area contributed by atoms with E-state index in [9.17, 15) is 8.42 Å². The maximum Gasteiger partial charge on any atom is 0.180 e. The molecular formula is C11H15NO2S2. The highest BCUT2D eigenvalue weighted by Crippen LogP contribution is 2.16. The highest BCUT2D eigenvalue weighted by atomic mass is 32.2. The van der Waals surface area contributed by atoms with Crippen molar-refractivity contribution in [3.8, 4) is 0 Å². The van der Waals surface area contributed by atoms with E-state index in [0.717, 1.165) is 5.56 Å². The number of sulfone groups is 1. The molecule has 1 rings (SSSR count). The Morgan fingerprint density at radius 3 is 2.12 bits per heavy atom. The van der Waals surface area contributed by atoms with E-state index in [4.69, 9.17) is 12.2 Å². The van der Waals surface area contributed by atoms with Crippen molar-refractivity contribution in [2.75, 3.05) is 7.05 Å². The monoisotopic (exact) mass is 257 g/mol. The molecule has 0 aromatic heterocycles. The highest BCUT2D eigenvalue weighted by molar-refractivity contribution is 7.92. The summed E-state index contributed by atoms with van der Waals surface area (Å²) in [7, 11) is -1.45. The minimum atomic E-state index is -3.19. The van der Waals surface area contributed by atoms with Crippen LogP contribution in [0.3, 0.4) is 0 Å². The van der Waals surface area contributed by atoms with E-state index in [1.165, 1.54) is 0 Å². The van der Waals surface area contributed by atoms with Gasteiger partial charge in [0.25, 0.3) is 0 Å². The largest absolute Gasteiger partial charge is 0.379 e. The van der Waals surface area contributed by atoms with Gasteiger partial charge in [0.05, 0.1) is 10.1 Å². The minimum Gasteiger partial charge on any atom is -0.379 e. The smallest absolute Gasteiger partial charge is 0.180 e. The number of thiocarbonyl (C=S) groups is 1. The summed E-state index contributed by atoms with van der Waals surface area (Å²) in [5.41, 5.74) is 0.820. The molecule has 0 atom stereocenters. The van der Waals surface area contributed by atoms with Crippen LogP contribution < -0.4 is 5.32 Å². The Bertz CT molecular complexity index is 475. The molecule has 0 spiro atoms. The molecule has 1 N–H and O–H groups in total. The Labute approximate surface area is 102 Å². The number of hydrogen-bond acceptors (Lipinski definition) is 3. The third-order valence-electron chi connectivity index (χ3n) is 2.29. The number of rotatable bonds is 3. The number of benzene rings is 1. The molecule has 0 amide bonds. The van der Waals surface area contributed by atoms with E-state index >= 15 is 0 Å². The number of hydrogen-bond donors (Lipinski definition) is 1. The van der Waals surface area contributed by atoms with Crippen molar-refractivity contribution in [1.29, 1.82) is 0 Å². The summed E-state index contributed by atoms with van der Waals surface area (Å²) in [4.78, 5) is 0.943. The van der Waals surface area contributed by atoms with E-state index in [1.54, 1.807) is 45.2 Å². The first-order chi connectivity index (χ1) is 7.39. The Morgan fingerprint density at radius 2 is 1.75 bits per heavy atom. The Hall–Kier alpha value is -0.940. The Kier molecular flexibility index (Phi) is 4.04. The highest BCUT2D eigenvalue weighted by Gasteiger charge is 2.18. The van der Waals surface area contributed by atoms with Crippen molar-refractivity contribution in [2.45, 2.75) is 24.0 Å². The minimum absolute atomic E-state index is 0.338. The average Bonchev–Trinajstić information content (AvgIpc) is 2.28. The molecule has 1 aromatic rings. The van der Waals surface area contributed by atoms with Crippen LogP contribution in [0, 0.1) is 0 Å². The van der Waals surface area contributed by atoms with Gasteiger partial charge < -0.3 is 5.32 Å². The third-order valence-corrected chi connectivity index (χ3v) is 4.90. The summed E-state index contributed by atoms with van der Waals surface area (Å²) in [5, 5.41) is 2.44. The van der Waals surface area contributed by atoms with Gasteiger partial charge in [0.2, 0.25) is 0 Å². The summed E-state index contributed by atoms with van der Waals surface area (Å²) in [6, 6.07) is 6.62. The molecule has 1 aromatic carbocycles. The molecule has 0 unspecified atom stereocenters. The van der Waals surface area contributed by atoms with Gasteiger partial charge in [0.15, 0.2) is 9.84 Å². The lowest BCUT2D eigenvalue weighted by molar-refractivity contribution is 0.587. The molecule has 0 saturated carbocycles. The molecule has 0 aliphatic rings. The van der Waals surface area contributed by atoms with Crippen LogP contribution >= 0.6 is 12.2 Å². The topological polar surface area (TPSA) is 46.2 Å². The van der Waals surface area contributed by atoms with Crippen molar-refractivity contribution in [1.82, 2.24) is 5.32 Å². The van der Waals surface area contributed by atoms with Gasteiger partial charge >= 0.3 is 0 Å². The van der Waals surface area contributed by atoms with E-state index < -0.39 is 15.1 Å². The third kappa shape index (κ3) is 2.59. The molecular weight excluding hydrogens is 242 g/mol. The molecule has 0 fully saturated rings. The maximum atomic E-state index is 11.8. The lowest BCUT2D eigenvalue weighted by atomic mass is 10.2. The molecule has 0 saturated heterocycles. The van der Waals surface area contributed by atoms with Gasteiger partial charge in [-0.25, -0.2) is 8.42 Å². The first-order valence-electron chi connectivity index (χ1n) is 4.95. The van der Waals surface area contributed by atoms with Gasteiger partial charge in [-0.2, -0.15) is 0 Å². The average molecular weight is 257 g/mol. The zero-order chi connectivity index (χ0) is 12.3. The van der Waals surface area contributed by atoms with Gasteiger partial charge in [0.1, 0.15) is 4.99 Å². The van der Waals surface area contributed by atoms with E-state index in [0.29, 0.717) is 9.88 Å². The molecule has 88 valence electrons. The van der Waals surface area contributed by atoms with Gasteiger partial charge in [-0.3, -0.25) is 0 Å². The quantitative estimate of drug-likeness (QED) is 0.838. The van der Waals surface area contributed by atoms with Crippen LogP contribution in [0.5, 0.6) is 0 Å². The molecule has 16 heavy (non-hydrogen) atoms. The van der Waals surface area contributed by atoms with Crippen LogP contribution in [0.1, 0.15) is 19.4 Å². The van der Waals surface area contributed by atoms with Crippen molar-refractivity contribution in [2.24, 2.45) is 0 Å². The Balaban J connectivity index is 3.10. The summed E-state index contributed by atoms with van der Waals surface area (Å²) in [6.45, 7) is 3.34. The van der Waals surface area contributed by atoms with Crippen LogP contribution in [0.15, 0.2) is 29.2 Å². The summed E-state index contributed by atoms with van der Waals surface area (Å²) in [6.07, 6.45) is 0. The van der Waals surface area contributed by atoms with Gasteiger partial charge in [0, 0.05) is 12.6 Å². The van der Waals surface area contributed by atoms with Crippen molar-refractivity contribution in [3.05, 3.63) is 29.8 Å². The normalized spacial score (nSPS) is 11.5. The zero-order valence-corrected chi connectivity index (χ0v) is 11.2. The SMILES string of the molecule is CNC(=S)c1ccc(S(=O)(=O)C(C)C)cc1. The standard InChI is InChI=1S/C11H15NO2S2/c1-8(2)16(13,14)10-6-4-9(5-7-10)11(15)12-3/h4-8H,1-3H3,(H,12,15). The van der Waals surface area contributed by atoms with Crippen LogP contribution in [-0.4, -0.2) is 25.7 Å². The summed E-state index contributed by atoms with van der Waals surface area (Å²) >= 11 is 5.05. The lowest BCUT2D eigenvalue weighted by Crippen LogP contribution is -2.17. The van der Waals surface area contributed by atoms with E-state index in [1.807, 2.05) is 0 Å². The Morgan fingerprint density at radius 1 is 1.25 bits per heavy atom. The van der Waals surface area contributed by atoms with Crippen LogP contribution in [-0.2, 0) is 9.84 Å². The first-order valence-corrected chi connectivity index (χ1v) is 6.91. The second-order valence-corrected chi connectivity index (χ2v) is 6.61. The number of nitrogens with one attached hydrogen (secondary N) is 1. The summed E-state index contributed by atoms with van der Waals surface area (Å²) in [5.74, 6) is 0. The van der Waals surface area contributed by atoms with Crippen LogP contribution in [0.2, 0.25) is 0 Å². The second kappa shape index (κ2) is 4.93. The lowest BCUT2D eigenvalue weighted by Gasteiger charge is -2.08. The van der Waals surface area contributed by atoms with Crippen LogP contribution in [0.25, 0.3) is 0 Å². The van der Waals surface area contributed by atoms with E-state index in [2.05, 4.69) is 5.32 Å². The van der Waals surface area contributed by atoms with Gasteiger partial charge in [-0.1, -0.05) is 24.4 Å². The van der Waals surface area contributed by atoms with E-state index in [-0.39, 0.29) is 0 Å². The fraction of sp³-hybridized carbons (Fsp3) is 0.364. The van der Waals surface area contributed by atoms with Crippen molar-refractivity contribution in [3.63, 3.8) is 0 Å². The predicted molar refractivity (Wildman–Crippen MR) is 69.5 cm³/mol. The maximum absolute atomic E-state index is 11.8. The second-order valence-electron chi connectivity index (χ2n) is 3.70. The fourth-order valence-electron chi connectivity index (χ4n) is 1.21. The van der Waals surface area contributed by atoms with Crippen molar-refractivity contribution >= 4 is 27.0 Å². The van der Waals surface area contributed by atoms with Gasteiger partial charge in [-0.05, 0) is 26.0 Å². The fourth-order valence-corrected chi connectivity index (χ4v) is 2.41. The molecule has 3 nitrogen and oxygen atoms in total. The first kappa shape index (κ1) is 13.1. The summed E-state index contributed by atoms with van der Waals surface area (Å²) < 4.78 is 23.7. The predicted octanol–water partition coefficient (Wildman–Crippen LogP) is 1.76. The zero-order valence-electron chi connectivity index (χ0n) is 9.52. The molecule has 0 aliphatic heterocycles.